The Morgan fingerprint density at radius 2 is 1.91 bits per heavy atom. The maximum absolute atomic E-state index is 13.7. The van der Waals surface area contributed by atoms with Gasteiger partial charge in [0, 0.05) is 11.6 Å². The number of anilines is 1. The molecule has 0 aliphatic carbocycles. The van der Waals surface area contributed by atoms with E-state index < -0.39 is 0 Å². The van der Waals surface area contributed by atoms with Crippen molar-refractivity contribution in [3.8, 4) is 0 Å². The van der Waals surface area contributed by atoms with Crippen molar-refractivity contribution in [1.29, 1.82) is 0 Å². The van der Waals surface area contributed by atoms with Crippen LogP contribution in [0.3, 0.4) is 0 Å². The Balaban J connectivity index is 1.79. The molecule has 0 bridgehead atoms. The highest BCUT2D eigenvalue weighted by Gasteiger charge is 2.07. The predicted octanol–water partition coefficient (Wildman–Crippen LogP) is 3.74. The van der Waals surface area contributed by atoms with Crippen molar-refractivity contribution in [3.63, 3.8) is 0 Å². The van der Waals surface area contributed by atoms with E-state index in [2.05, 4.69) is 15.3 Å². The predicted molar refractivity (Wildman–Crippen MR) is 84.8 cm³/mol. The molecule has 0 unspecified atom stereocenters. The molecule has 0 spiro atoms. The molecule has 1 heterocycles. The van der Waals surface area contributed by atoms with Crippen molar-refractivity contribution in [3.05, 3.63) is 66.0 Å². The number of amides is 1. The van der Waals surface area contributed by atoms with Crippen LogP contribution >= 0.6 is 0 Å². The lowest BCUT2D eigenvalue weighted by Gasteiger charge is -2.03. The van der Waals surface area contributed by atoms with Gasteiger partial charge < -0.3 is 4.98 Å². The number of nitrogens with zero attached hydrogens (tertiary/aromatic N) is 1. The van der Waals surface area contributed by atoms with Gasteiger partial charge in [-0.2, -0.15) is 0 Å². The van der Waals surface area contributed by atoms with E-state index in [-0.39, 0.29) is 11.7 Å². The summed E-state index contributed by atoms with van der Waals surface area (Å²) < 4.78 is 13.7. The second-order valence-electron chi connectivity index (χ2n) is 4.90. The van der Waals surface area contributed by atoms with Gasteiger partial charge in [-0.1, -0.05) is 30.3 Å². The third-order valence-electron chi connectivity index (χ3n) is 3.28. The molecule has 22 heavy (non-hydrogen) atoms. The first-order valence-corrected chi connectivity index (χ1v) is 6.82. The van der Waals surface area contributed by atoms with E-state index in [0.717, 1.165) is 11.0 Å². The maximum Gasteiger partial charge on any atom is 0.250 e. The number of allylic oxidation sites excluding steroid dienone is 1. The van der Waals surface area contributed by atoms with E-state index >= 15 is 0 Å². The molecule has 1 aromatic heterocycles. The lowest BCUT2D eigenvalue weighted by atomic mass is 10.1. The lowest BCUT2D eigenvalue weighted by molar-refractivity contribution is -0.111. The Kier molecular flexibility index (Phi) is 3.70. The van der Waals surface area contributed by atoms with E-state index in [1.165, 1.54) is 12.1 Å². The second kappa shape index (κ2) is 5.81. The largest absolute Gasteiger partial charge is 0.324 e. The molecule has 0 saturated heterocycles. The Labute approximate surface area is 126 Å². The molecule has 3 rings (SSSR count). The standard InChI is InChI=1S/C17H14FN3O/c1-11(12-6-2-3-7-13(12)18)10-16(22)21-17-19-14-8-4-5-9-15(14)20-17/h2-10H,1H3,(H2,19,20,21,22)/b11-10-. The van der Waals surface area contributed by atoms with Crippen molar-refractivity contribution in [2.75, 3.05) is 5.32 Å². The maximum atomic E-state index is 13.7. The summed E-state index contributed by atoms with van der Waals surface area (Å²) >= 11 is 0. The SMILES string of the molecule is C/C(=C/C(=O)Nc1nc2ccccc2[nH]1)c1ccccc1F. The molecular formula is C17H14FN3O. The lowest BCUT2D eigenvalue weighted by Crippen LogP contribution is -2.10. The number of nitrogens with one attached hydrogen (secondary N) is 2. The zero-order valence-corrected chi connectivity index (χ0v) is 11.9. The third kappa shape index (κ3) is 2.88. The minimum Gasteiger partial charge on any atom is -0.324 e. The number of aromatic nitrogens is 2. The first-order valence-electron chi connectivity index (χ1n) is 6.82. The van der Waals surface area contributed by atoms with E-state index in [4.69, 9.17) is 0 Å². The molecule has 2 N–H and O–H groups in total. The molecule has 0 atom stereocenters. The molecule has 5 heteroatoms. The van der Waals surface area contributed by atoms with Crippen molar-refractivity contribution in [2.45, 2.75) is 6.92 Å². The van der Waals surface area contributed by atoms with E-state index in [1.54, 1.807) is 25.1 Å². The summed E-state index contributed by atoms with van der Waals surface area (Å²) in [7, 11) is 0. The van der Waals surface area contributed by atoms with Crippen LogP contribution in [0.25, 0.3) is 16.6 Å². The number of imidazole rings is 1. The van der Waals surface area contributed by atoms with Crippen LogP contribution in [0.2, 0.25) is 0 Å². The number of carbonyl (C=O) groups is 1. The van der Waals surface area contributed by atoms with Gasteiger partial charge in [0.1, 0.15) is 5.82 Å². The van der Waals surface area contributed by atoms with Crippen LogP contribution in [0.15, 0.2) is 54.6 Å². The van der Waals surface area contributed by atoms with Gasteiger partial charge >= 0.3 is 0 Å². The molecule has 1 amide bonds. The molecule has 4 nitrogen and oxygen atoms in total. The van der Waals surface area contributed by atoms with Crippen LogP contribution in [-0.2, 0) is 4.79 Å². The summed E-state index contributed by atoms with van der Waals surface area (Å²) in [4.78, 5) is 19.3. The molecule has 0 radical (unpaired) electrons. The van der Waals surface area contributed by atoms with Crippen molar-refractivity contribution in [2.24, 2.45) is 0 Å². The molecule has 0 aliphatic rings. The minimum atomic E-state index is -0.361. The van der Waals surface area contributed by atoms with Crippen molar-refractivity contribution in [1.82, 2.24) is 9.97 Å². The second-order valence-corrected chi connectivity index (χ2v) is 4.90. The average molecular weight is 295 g/mol. The number of benzene rings is 2. The number of fused-ring (bicyclic) bond motifs is 1. The van der Waals surface area contributed by atoms with Crippen LogP contribution in [0.4, 0.5) is 10.3 Å². The van der Waals surface area contributed by atoms with Gasteiger partial charge in [0.2, 0.25) is 5.95 Å². The molecule has 0 saturated carbocycles. The van der Waals surface area contributed by atoms with Crippen molar-refractivity contribution >= 4 is 28.5 Å². The van der Waals surface area contributed by atoms with Gasteiger partial charge in [-0.15, -0.1) is 0 Å². The summed E-state index contributed by atoms with van der Waals surface area (Å²) in [5.74, 6) is -0.351. The highest BCUT2D eigenvalue weighted by molar-refractivity contribution is 6.03. The molecular weight excluding hydrogens is 281 g/mol. The van der Waals surface area contributed by atoms with Gasteiger partial charge in [0.15, 0.2) is 0 Å². The average Bonchev–Trinajstić information content (AvgIpc) is 2.89. The number of para-hydroxylation sites is 2. The Hall–Kier alpha value is -2.95. The number of hydrogen-bond donors (Lipinski definition) is 2. The van der Waals surface area contributed by atoms with Crippen LogP contribution in [0.5, 0.6) is 0 Å². The van der Waals surface area contributed by atoms with E-state index in [9.17, 15) is 9.18 Å². The van der Waals surface area contributed by atoms with Crippen LogP contribution in [0, 0.1) is 5.82 Å². The van der Waals surface area contributed by atoms with Gasteiger partial charge in [-0.05, 0) is 30.7 Å². The third-order valence-corrected chi connectivity index (χ3v) is 3.28. The first-order chi connectivity index (χ1) is 10.6. The molecule has 3 aromatic rings. The summed E-state index contributed by atoms with van der Waals surface area (Å²) in [6.45, 7) is 1.69. The Bertz CT molecular complexity index is 834. The van der Waals surface area contributed by atoms with E-state index in [1.807, 2.05) is 24.3 Å². The number of halogens is 1. The van der Waals surface area contributed by atoms with Gasteiger partial charge in [-0.3, -0.25) is 10.1 Å². The quantitative estimate of drug-likeness (QED) is 0.723. The smallest absolute Gasteiger partial charge is 0.250 e. The molecule has 0 aliphatic heterocycles. The number of hydrogen-bond acceptors (Lipinski definition) is 2. The first kappa shape index (κ1) is 14.0. The molecule has 2 aromatic carbocycles. The summed E-state index contributed by atoms with van der Waals surface area (Å²) in [6.07, 6.45) is 1.35. The van der Waals surface area contributed by atoms with Crippen LogP contribution < -0.4 is 5.32 Å². The highest BCUT2D eigenvalue weighted by atomic mass is 19.1. The summed E-state index contributed by atoms with van der Waals surface area (Å²) in [6, 6.07) is 13.8. The summed E-state index contributed by atoms with van der Waals surface area (Å²) in [5, 5.41) is 2.65. The fourth-order valence-corrected chi connectivity index (χ4v) is 2.22. The highest BCUT2D eigenvalue weighted by Crippen LogP contribution is 2.18. The topological polar surface area (TPSA) is 57.8 Å². The number of aromatic amines is 1. The summed E-state index contributed by atoms with van der Waals surface area (Å²) in [5.41, 5.74) is 2.56. The number of H-pyrrole nitrogens is 1. The van der Waals surface area contributed by atoms with Gasteiger partial charge in [0.05, 0.1) is 11.0 Å². The molecule has 110 valence electrons. The fraction of sp³-hybridized carbons (Fsp3) is 0.0588. The Morgan fingerprint density at radius 3 is 2.68 bits per heavy atom. The normalized spacial score (nSPS) is 11.6. The van der Waals surface area contributed by atoms with Crippen LogP contribution in [-0.4, -0.2) is 15.9 Å². The van der Waals surface area contributed by atoms with Gasteiger partial charge in [-0.25, -0.2) is 9.37 Å². The van der Waals surface area contributed by atoms with E-state index in [0.29, 0.717) is 17.1 Å². The molecule has 0 fully saturated rings. The number of carbonyl (C=O) groups excluding carboxylic acids is 1. The Morgan fingerprint density at radius 1 is 1.18 bits per heavy atom. The van der Waals surface area contributed by atoms with Gasteiger partial charge in [0.25, 0.3) is 5.91 Å². The zero-order valence-electron chi connectivity index (χ0n) is 11.9. The minimum absolute atomic E-state index is 0.354. The zero-order chi connectivity index (χ0) is 15.5. The van der Waals surface area contributed by atoms with Crippen LogP contribution in [0.1, 0.15) is 12.5 Å². The monoisotopic (exact) mass is 295 g/mol. The number of rotatable bonds is 3. The fourth-order valence-electron chi connectivity index (χ4n) is 2.22. The van der Waals surface area contributed by atoms with Crippen molar-refractivity contribution < 1.29 is 9.18 Å².